The van der Waals surface area contributed by atoms with Crippen LogP contribution in [0, 0.1) is 17.8 Å². The fraction of sp³-hybridized carbons (Fsp3) is 0.810. The van der Waals surface area contributed by atoms with E-state index in [0.717, 1.165) is 0 Å². The summed E-state index contributed by atoms with van der Waals surface area (Å²) in [5, 5.41) is 17.3. The zero-order chi connectivity index (χ0) is 24.3. The van der Waals surface area contributed by atoms with E-state index in [1.165, 1.54) is 11.8 Å². The highest BCUT2D eigenvalue weighted by Crippen LogP contribution is 2.10. The first-order valence-electron chi connectivity index (χ1n) is 10.7. The van der Waals surface area contributed by atoms with E-state index >= 15 is 0 Å². The smallest absolute Gasteiger partial charge is 0.326 e. The standard InChI is InChI=1S/C21H40N4O5S/c1-11(2)10-15(19(27)25-17(13(5)6)21(29)30)24-18(26)14(8-9-31-7)23-20(28)16(22)12(3)4/h11-17H,8-10,22H2,1-7H3,(H,23,28)(H,24,26)(H,25,27)(H,29,30). The summed E-state index contributed by atoms with van der Waals surface area (Å²) in [6.07, 6.45) is 2.60. The number of carboxylic acid groups (broad SMARTS) is 1. The summed E-state index contributed by atoms with van der Waals surface area (Å²) in [5.41, 5.74) is 5.90. The van der Waals surface area contributed by atoms with Gasteiger partial charge in [-0.1, -0.05) is 41.5 Å². The Hall–Kier alpha value is -1.81. The molecular weight excluding hydrogens is 420 g/mol. The van der Waals surface area contributed by atoms with Crippen molar-refractivity contribution in [2.45, 2.75) is 78.6 Å². The predicted molar refractivity (Wildman–Crippen MR) is 124 cm³/mol. The normalized spacial score (nSPS) is 15.3. The van der Waals surface area contributed by atoms with Crippen molar-refractivity contribution in [1.29, 1.82) is 0 Å². The third-order valence-corrected chi connectivity index (χ3v) is 5.48. The Bertz CT molecular complexity index is 613. The van der Waals surface area contributed by atoms with E-state index in [0.29, 0.717) is 18.6 Å². The van der Waals surface area contributed by atoms with Crippen LogP contribution in [0.1, 0.15) is 54.4 Å². The second-order valence-corrected chi connectivity index (χ2v) is 9.86. The summed E-state index contributed by atoms with van der Waals surface area (Å²) in [7, 11) is 0. The van der Waals surface area contributed by atoms with Gasteiger partial charge in [-0.05, 0) is 42.6 Å². The third-order valence-electron chi connectivity index (χ3n) is 4.84. The Morgan fingerprint density at radius 3 is 1.77 bits per heavy atom. The molecule has 0 heterocycles. The van der Waals surface area contributed by atoms with Crippen molar-refractivity contribution in [3.05, 3.63) is 0 Å². The minimum Gasteiger partial charge on any atom is -0.480 e. The van der Waals surface area contributed by atoms with E-state index in [-0.39, 0.29) is 17.8 Å². The van der Waals surface area contributed by atoms with Crippen LogP contribution < -0.4 is 21.7 Å². The van der Waals surface area contributed by atoms with Crippen LogP contribution in [0.3, 0.4) is 0 Å². The van der Waals surface area contributed by atoms with Gasteiger partial charge in [0.25, 0.3) is 0 Å². The molecule has 0 radical (unpaired) electrons. The van der Waals surface area contributed by atoms with Crippen LogP contribution in [-0.4, -0.2) is 65.0 Å². The number of rotatable bonds is 14. The summed E-state index contributed by atoms with van der Waals surface area (Å²) < 4.78 is 0. The van der Waals surface area contributed by atoms with Crippen LogP contribution in [0.25, 0.3) is 0 Å². The van der Waals surface area contributed by atoms with E-state index < -0.39 is 47.9 Å². The van der Waals surface area contributed by atoms with Gasteiger partial charge in [0.15, 0.2) is 0 Å². The number of hydrogen-bond acceptors (Lipinski definition) is 6. The number of carbonyl (C=O) groups is 4. The monoisotopic (exact) mass is 460 g/mol. The van der Waals surface area contributed by atoms with Crippen LogP contribution in [0.4, 0.5) is 0 Å². The van der Waals surface area contributed by atoms with Crippen LogP contribution in [-0.2, 0) is 19.2 Å². The Labute approximate surface area is 190 Å². The molecule has 0 aliphatic heterocycles. The molecule has 6 N–H and O–H groups in total. The maximum atomic E-state index is 13.0. The summed E-state index contributed by atoms with van der Waals surface area (Å²) in [5.74, 6) is -2.31. The summed E-state index contributed by atoms with van der Waals surface area (Å²) >= 11 is 1.53. The maximum Gasteiger partial charge on any atom is 0.326 e. The number of thioether (sulfide) groups is 1. The van der Waals surface area contributed by atoms with Crippen molar-refractivity contribution < 1.29 is 24.3 Å². The van der Waals surface area contributed by atoms with Crippen LogP contribution in [0.5, 0.6) is 0 Å². The predicted octanol–water partition coefficient (Wildman–Crippen LogP) is 0.964. The molecule has 4 atom stereocenters. The van der Waals surface area contributed by atoms with Gasteiger partial charge >= 0.3 is 5.97 Å². The zero-order valence-corrected chi connectivity index (χ0v) is 20.5. The molecule has 0 fully saturated rings. The molecule has 3 amide bonds. The van der Waals surface area contributed by atoms with E-state index in [2.05, 4.69) is 16.0 Å². The average Bonchev–Trinajstić information content (AvgIpc) is 2.66. The lowest BCUT2D eigenvalue weighted by atomic mass is 10.00. The minimum absolute atomic E-state index is 0.0759. The van der Waals surface area contributed by atoms with Gasteiger partial charge in [-0.15, -0.1) is 0 Å². The highest BCUT2D eigenvalue weighted by Gasteiger charge is 2.31. The number of carbonyl (C=O) groups excluding carboxylic acids is 3. The van der Waals surface area contributed by atoms with Crippen molar-refractivity contribution in [3.8, 4) is 0 Å². The first-order chi connectivity index (χ1) is 14.3. The third kappa shape index (κ3) is 10.9. The van der Waals surface area contributed by atoms with E-state index in [1.54, 1.807) is 13.8 Å². The number of hydrogen-bond donors (Lipinski definition) is 5. The molecule has 0 aromatic carbocycles. The largest absolute Gasteiger partial charge is 0.480 e. The molecule has 0 aromatic heterocycles. The lowest BCUT2D eigenvalue weighted by Crippen LogP contribution is -2.58. The van der Waals surface area contributed by atoms with Gasteiger partial charge in [0.1, 0.15) is 18.1 Å². The molecular formula is C21H40N4O5S. The summed E-state index contributed by atoms with van der Waals surface area (Å²) in [6.45, 7) is 10.8. The van der Waals surface area contributed by atoms with Gasteiger partial charge in [0, 0.05) is 0 Å². The second-order valence-electron chi connectivity index (χ2n) is 8.87. The molecule has 0 bridgehead atoms. The van der Waals surface area contributed by atoms with Gasteiger partial charge in [0.05, 0.1) is 6.04 Å². The lowest BCUT2D eigenvalue weighted by molar-refractivity contribution is -0.143. The Morgan fingerprint density at radius 1 is 0.839 bits per heavy atom. The first kappa shape index (κ1) is 29.2. The summed E-state index contributed by atoms with van der Waals surface area (Å²) in [6, 6.07) is -3.56. The molecule has 0 aliphatic carbocycles. The van der Waals surface area contributed by atoms with Crippen molar-refractivity contribution in [2.24, 2.45) is 23.5 Å². The second kappa shape index (κ2) is 14.3. The molecule has 31 heavy (non-hydrogen) atoms. The highest BCUT2D eigenvalue weighted by atomic mass is 32.2. The van der Waals surface area contributed by atoms with Crippen molar-refractivity contribution in [2.75, 3.05) is 12.0 Å². The first-order valence-corrected chi connectivity index (χ1v) is 12.1. The van der Waals surface area contributed by atoms with Crippen LogP contribution in [0.2, 0.25) is 0 Å². The van der Waals surface area contributed by atoms with Crippen molar-refractivity contribution in [3.63, 3.8) is 0 Å². The lowest BCUT2D eigenvalue weighted by Gasteiger charge is -2.27. The molecule has 0 saturated carbocycles. The van der Waals surface area contributed by atoms with Gasteiger partial charge in [-0.3, -0.25) is 14.4 Å². The van der Waals surface area contributed by atoms with Crippen LogP contribution >= 0.6 is 11.8 Å². The molecule has 0 spiro atoms. The fourth-order valence-electron chi connectivity index (χ4n) is 2.82. The summed E-state index contributed by atoms with van der Waals surface area (Å²) in [4.78, 5) is 49.6. The molecule has 0 aromatic rings. The van der Waals surface area contributed by atoms with Crippen molar-refractivity contribution in [1.82, 2.24) is 16.0 Å². The minimum atomic E-state index is -1.13. The molecule has 10 heteroatoms. The van der Waals surface area contributed by atoms with E-state index in [1.807, 2.05) is 34.0 Å². The average molecular weight is 461 g/mol. The Morgan fingerprint density at radius 2 is 1.35 bits per heavy atom. The molecule has 9 nitrogen and oxygen atoms in total. The Balaban J connectivity index is 5.46. The number of nitrogens with one attached hydrogen (secondary N) is 3. The molecule has 4 unspecified atom stereocenters. The fourth-order valence-corrected chi connectivity index (χ4v) is 3.29. The molecule has 0 rings (SSSR count). The number of amides is 3. The van der Waals surface area contributed by atoms with Gasteiger partial charge < -0.3 is 26.8 Å². The Kier molecular flexibility index (Phi) is 13.5. The van der Waals surface area contributed by atoms with Crippen molar-refractivity contribution >= 4 is 35.5 Å². The van der Waals surface area contributed by atoms with Gasteiger partial charge in [0.2, 0.25) is 17.7 Å². The van der Waals surface area contributed by atoms with Crippen LogP contribution in [0.15, 0.2) is 0 Å². The van der Waals surface area contributed by atoms with E-state index in [9.17, 15) is 24.3 Å². The molecule has 180 valence electrons. The zero-order valence-electron chi connectivity index (χ0n) is 19.7. The number of carboxylic acids is 1. The maximum absolute atomic E-state index is 13.0. The molecule has 0 aliphatic rings. The van der Waals surface area contributed by atoms with Gasteiger partial charge in [-0.2, -0.15) is 11.8 Å². The SMILES string of the molecule is CSCCC(NC(=O)C(N)C(C)C)C(=O)NC(CC(C)C)C(=O)NC(C(=O)O)C(C)C. The van der Waals surface area contributed by atoms with E-state index in [4.69, 9.17) is 5.73 Å². The number of nitrogens with two attached hydrogens (primary N) is 1. The molecule has 0 saturated heterocycles. The quantitative estimate of drug-likeness (QED) is 0.259. The highest BCUT2D eigenvalue weighted by molar-refractivity contribution is 7.98. The topological polar surface area (TPSA) is 151 Å². The van der Waals surface area contributed by atoms with Gasteiger partial charge in [-0.25, -0.2) is 4.79 Å². The number of aliphatic carboxylic acids is 1.